The van der Waals surface area contributed by atoms with Crippen LogP contribution in [0.3, 0.4) is 0 Å². The van der Waals surface area contributed by atoms with Crippen LogP contribution in [0, 0.1) is 0 Å². The summed E-state index contributed by atoms with van der Waals surface area (Å²) in [5.74, 6) is 0.710. The second-order valence-corrected chi connectivity index (χ2v) is 7.65. The van der Waals surface area contributed by atoms with Crippen LogP contribution in [0.1, 0.15) is 37.3 Å². The third kappa shape index (κ3) is 3.02. The zero-order valence-electron chi connectivity index (χ0n) is 10.1. The molecule has 1 saturated heterocycles. The number of hydrogen-bond donors (Lipinski definition) is 2. The molecule has 1 aliphatic carbocycles. The summed E-state index contributed by atoms with van der Waals surface area (Å²) in [6, 6.07) is 0.0883. The number of aromatic nitrogens is 1. The van der Waals surface area contributed by atoms with Gasteiger partial charge in [-0.3, -0.25) is 4.72 Å². The lowest BCUT2D eigenvalue weighted by atomic mass is 10.3. The van der Waals surface area contributed by atoms with Crippen molar-refractivity contribution >= 4 is 26.5 Å². The molecule has 0 radical (unpaired) electrons. The van der Waals surface area contributed by atoms with Crippen molar-refractivity contribution in [1.82, 2.24) is 10.3 Å². The molecule has 1 saturated carbocycles. The first-order valence-corrected chi connectivity index (χ1v) is 8.85. The molecule has 1 atom stereocenters. The number of rotatable bonds is 5. The van der Waals surface area contributed by atoms with Crippen molar-refractivity contribution in [2.24, 2.45) is 0 Å². The Kier molecular flexibility index (Phi) is 3.29. The highest BCUT2D eigenvalue weighted by molar-refractivity contribution is 7.92. The third-order valence-electron chi connectivity index (χ3n) is 3.34. The van der Waals surface area contributed by atoms with E-state index in [0.717, 1.165) is 25.1 Å². The zero-order chi connectivity index (χ0) is 12.6. The van der Waals surface area contributed by atoms with Crippen molar-refractivity contribution in [3.63, 3.8) is 0 Å². The average molecular weight is 287 g/mol. The summed E-state index contributed by atoms with van der Waals surface area (Å²) in [6.45, 7) is 0.920. The number of thiazole rings is 1. The Bertz CT molecular complexity index is 516. The third-order valence-corrected chi connectivity index (χ3v) is 5.59. The van der Waals surface area contributed by atoms with Gasteiger partial charge in [-0.1, -0.05) is 0 Å². The Morgan fingerprint density at radius 1 is 1.44 bits per heavy atom. The van der Waals surface area contributed by atoms with E-state index in [1.807, 2.05) is 5.38 Å². The van der Waals surface area contributed by atoms with Crippen LogP contribution in [0.4, 0.5) is 5.13 Å². The lowest BCUT2D eigenvalue weighted by molar-refractivity contribution is 0.581. The van der Waals surface area contributed by atoms with Crippen LogP contribution in [0.15, 0.2) is 5.38 Å². The fourth-order valence-corrected chi connectivity index (χ4v) is 4.66. The monoisotopic (exact) mass is 287 g/mol. The Labute approximate surface area is 111 Å². The lowest BCUT2D eigenvalue weighted by Gasteiger charge is -2.10. The normalized spacial score (nSPS) is 24.3. The van der Waals surface area contributed by atoms with Crippen molar-refractivity contribution in [3.8, 4) is 0 Å². The smallest absolute Gasteiger partial charge is 0.236 e. The van der Waals surface area contributed by atoms with E-state index in [0.29, 0.717) is 11.0 Å². The number of nitrogens with one attached hydrogen (secondary N) is 2. The Morgan fingerprint density at radius 2 is 2.28 bits per heavy atom. The Balaban J connectivity index is 1.62. The minimum atomic E-state index is -3.27. The maximum atomic E-state index is 12.0. The van der Waals surface area contributed by atoms with Crippen molar-refractivity contribution in [2.45, 2.75) is 37.6 Å². The minimum Gasteiger partial charge on any atom is -0.313 e. The first-order valence-electron chi connectivity index (χ1n) is 6.32. The largest absolute Gasteiger partial charge is 0.313 e. The fourth-order valence-electron chi connectivity index (χ4n) is 2.24. The molecule has 2 heterocycles. The predicted octanol–water partition coefficient (Wildman–Crippen LogP) is 1.51. The second kappa shape index (κ2) is 4.79. The summed E-state index contributed by atoms with van der Waals surface area (Å²) in [6.07, 6.45) is 4.36. The van der Waals surface area contributed by atoms with E-state index in [4.69, 9.17) is 0 Å². The van der Waals surface area contributed by atoms with Gasteiger partial charge in [0.25, 0.3) is 0 Å². The van der Waals surface area contributed by atoms with Gasteiger partial charge in [-0.2, -0.15) is 0 Å². The fraction of sp³-hybridized carbons (Fsp3) is 0.727. The summed E-state index contributed by atoms with van der Waals surface area (Å²) in [7, 11) is -3.27. The molecule has 1 aliphatic heterocycles. The summed E-state index contributed by atoms with van der Waals surface area (Å²) in [4.78, 5) is 4.34. The second-order valence-electron chi connectivity index (χ2n) is 5.03. The molecule has 7 heteroatoms. The van der Waals surface area contributed by atoms with Crippen LogP contribution in [-0.2, 0) is 10.0 Å². The minimum absolute atomic E-state index is 0.0883. The molecule has 3 rings (SSSR count). The van der Waals surface area contributed by atoms with Gasteiger partial charge < -0.3 is 5.32 Å². The molecule has 1 unspecified atom stereocenters. The van der Waals surface area contributed by atoms with Gasteiger partial charge in [0.1, 0.15) is 0 Å². The molecule has 2 fully saturated rings. The molecule has 2 N–H and O–H groups in total. The van der Waals surface area contributed by atoms with E-state index in [2.05, 4.69) is 15.0 Å². The van der Waals surface area contributed by atoms with Gasteiger partial charge >= 0.3 is 0 Å². The van der Waals surface area contributed by atoms with E-state index < -0.39 is 10.0 Å². The topological polar surface area (TPSA) is 71.1 Å². The Hall–Kier alpha value is -0.660. The van der Waals surface area contributed by atoms with Gasteiger partial charge in [-0.05, 0) is 32.2 Å². The number of hydrogen-bond acceptors (Lipinski definition) is 5. The SMILES string of the molecule is O=S(=O)(CC1CCCN1)Nc1nc(C2CC2)cs1. The van der Waals surface area contributed by atoms with E-state index >= 15 is 0 Å². The van der Waals surface area contributed by atoms with Crippen LogP contribution in [0.5, 0.6) is 0 Å². The molecule has 0 amide bonds. The molecular formula is C11H17N3O2S2. The summed E-state index contributed by atoms with van der Waals surface area (Å²) >= 11 is 1.38. The van der Waals surface area contributed by atoms with E-state index in [1.165, 1.54) is 24.2 Å². The highest BCUT2D eigenvalue weighted by Gasteiger charge is 2.27. The molecule has 100 valence electrons. The highest BCUT2D eigenvalue weighted by Crippen LogP contribution is 2.40. The van der Waals surface area contributed by atoms with Crippen LogP contribution in [-0.4, -0.2) is 31.7 Å². The van der Waals surface area contributed by atoms with Gasteiger partial charge in [0, 0.05) is 17.3 Å². The van der Waals surface area contributed by atoms with E-state index in [9.17, 15) is 8.42 Å². The number of anilines is 1. The summed E-state index contributed by atoms with van der Waals surface area (Å²) in [5, 5.41) is 5.67. The lowest BCUT2D eigenvalue weighted by Crippen LogP contribution is -2.32. The van der Waals surface area contributed by atoms with Crippen molar-refractivity contribution < 1.29 is 8.42 Å². The van der Waals surface area contributed by atoms with Gasteiger partial charge in [0.2, 0.25) is 10.0 Å². The number of sulfonamides is 1. The quantitative estimate of drug-likeness (QED) is 0.861. The zero-order valence-corrected chi connectivity index (χ0v) is 11.7. The molecule has 0 aromatic carbocycles. The maximum absolute atomic E-state index is 12.0. The molecule has 2 aliphatic rings. The molecule has 0 bridgehead atoms. The van der Waals surface area contributed by atoms with Gasteiger partial charge in [0.15, 0.2) is 5.13 Å². The molecule has 18 heavy (non-hydrogen) atoms. The summed E-state index contributed by atoms with van der Waals surface area (Å²) < 4.78 is 26.5. The predicted molar refractivity (Wildman–Crippen MR) is 72.5 cm³/mol. The van der Waals surface area contributed by atoms with Gasteiger partial charge in [-0.25, -0.2) is 13.4 Å². The summed E-state index contributed by atoms with van der Waals surface area (Å²) in [5.41, 5.74) is 1.04. The molecular weight excluding hydrogens is 270 g/mol. The van der Waals surface area contributed by atoms with Crippen molar-refractivity contribution in [2.75, 3.05) is 17.0 Å². The highest BCUT2D eigenvalue weighted by atomic mass is 32.2. The Morgan fingerprint density at radius 3 is 2.94 bits per heavy atom. The van der Waals surface area contributed by atoms with E-state index in [-0.39, 0.29) is 11.8 Å². The van der Waals surface area contributed by atoms with Crippen LogP contribution < -0.4 is 10.0 Å². The standard InChI is InChI=1S/C11H17N3O2S2/c15-18(16,7-9-2-1-5-12-9)14-11-13-10(6-17-11)8-3-4-8/h6,8-9,12H,1-5,7H2,(H,13,14). The molecule has 1 aromatic heterocycles. The first-order chi connectivity index (χ1) is 8.62. The molecule has 1 aromatic rings. The molecule has 0 spiro atoms. The number of nitrogens with zero attached hydrogens (tertiary/aromatic N) is 1. The van der Waals surface area contributed by atoms with Crippen LogP contribution >= 0.6 is 11.3 Å². The van der Waals surface area contributed by atoms with Crippen molar-refractivity contribution in [3.05, 3.63) is 11.1 Å². The maximum Gasteiger partial charge on any atom is 0.236 e. The van der Waals surface area contributed by atoms with Crippen LogP contribution in [0.25, 0.3) is 0 Å². The van der Waals surface area contributed by atoms with Crippen LogP contribution in [0.2, 0.25) is 0 Å². The van der Waals surface area contributed by atoms with E-state index in [1.54, 1.807) is 0 Å². The molecule has 5 nitrogen and oxygen atoms in total. The first kappa shape index (κ1) is 12.4. The van der Waals surface area contributed by atoms with Crippen molar-refractivity contribution in [1.29, 1.82) is 0 Å². The van der Waals surface area contributed by atoms with Gasteiger partial charge in [0.05, 0.1) is 11.4 Å². The van der Waals surface area contributed by atoms with Gasteiger partial charge in [-0.15, -0.1) is 11.3 Å². The average Bonchev–Trinajstić information content (AvgIpc) is 2.84.